The van der Waals surface area contributed by atoms with Crippen LogP contribution in [0.25, 0.3) is 0 Å². The molecule has 1 atom stereocenters. The number of aryl methyl sites for hydroxylation is 1. The summed E-state index contributed by atoms with van der Waals surface area (Å²) in [6.07, 6.45) is -3.80. The smallest absolute Gasteiger partial charge is 0.324 e. The Hall–Kier alpha value is -1.33. The van der Waals surface area contributed by atoms with E-state index in [0.29, 0.717) is 6.42 Å². The summed E-state index contributed by atoms with van der Waals surface area (Å²) >= 11 is 3.39. The second kappa shape index (κ2) is 6.20. The quantitative estimate of drug-likeness (QED) is 0.819. The number of nitrogens with two attached hydrogens (primary N) is 1. The van der Waals surface area contributed by atoms with Crippen molar-refractivity contribution in [1.29, 1.82) is 0 Å². The molecule has 1 nitrogen and oxygen atoms in total. The van der Waals surface area contributed by atoms with Gasteiger partial charge in [0.15, 0.2) is 0 Å². The molecule has 5 heteroatoms. The molecule has 0 saturated heterocycles. The van der Waals surface area contributed by atoms with Crippen LogP contribution in [-0.4, -0.2) is 0 Å². The zero-order valence-corrected chi connectivity index (χ0v) is 13.0. The normalized spacial score (nSPS) is 13.2. The van der Waals surface area contributed by atoms with Crippen molar-refractivity contribution in [3.63, 3.8) is 0 Å². The van der Waals surface area contributed by atoms with Gasteiger partial charge in [-0.3, -0.25) is 0 Å². The van der Waals surface area contributed by atoms with Crippen molar-refractivity contribution in [1.82, 2.24) is 0 Å². The van der Waals surface area contributed by atoms with Gasteiger partial charge in [0.05, 0.1) is 5.56 Å². The Labute approximate surface area is 130 Å². The molecule has 0 fully saturated rings. The lowest BCUT2D eigenvalue weighted by Crippen LogP contribution is -2.15. The zero-order valence-electron chi connectivity index (χ0n) is 11.4. The topological polar surface area (TPSA) is 26.0 Å². The molecule has 0 aliphatic heterocycles. The van der Waals surface area contributed by atoms with Crippen molar-refractivity contribution in [2.24, 2.45) is 5.73 Å². The standard InChI is InChI=1S/C16H15BrF3N/c1-10-8-13(17)6-7-14(10)15(21)9-11-2-4-12(5-3-11)16(18,19)20/h2-8,15H,9,21H2,1H3. The van der Waals surface area contributed by atoms with Crippen LogP contribution >= 0.6 is 15.9 Å². The molecule has 0 radical (unpaired) electrons. The number of benzene rings is 2. The molecular formula is C16H15BrF3N. The lowest BCUT2D eigenvalue weighted by molar-refractivity contribution is -0.137. The van der Waals surface area contributed by atoms with Gasteiger partial charge in [0.1, 0.15) is 0 Å². The summed E-state index contributed by atoms with van der Waals surface area (Å²) in [5.41, 5.74) is 8.37. The highest BCUT2D eigenvalue weighted by molar-refractivity contribution is 9.10. The van der Waals surface area contributed by atoms with E-state index in [1.54, 1.807) is 0 Å². The van der Waals surface area contributed by atoms with E-state index >= 15 is 0 Å². The van der Waals surface area contributed by atoms with Crippen LogP contribution in [0.1, 0.15) is 28.3 Å². The van der Waals surface area contributed by atoms with Gasteiger partial charge in [-0.2, -0.15) is 13.2 Å². The van der Waals surface area contributed by atoms with Gasteiger partial charge in [-0.05, 0) is 54.3 Å². The molecule has 0 saturated carbocycles. The summed E-state index contributed by atoms with van der Waals surface area (Å²) in [4.78, 5) is 0. The molecule has 2 aromatic rings. The Bertz CT molecular complexity index is 620. The number of hydrogen-bond donors (Lipinski definition) is 1. The van der Waals surface area contributed by atoms with Crippen LogP contribution in [0, 0.1) is 6.92 Å². The average Bonchev–Trinajstić information content (AvgIpc) is 2.38. The minimum Gasteiger partial charge on any atom is -0.324 e. The molecule has 0 heterocycles. The Kier molecular flexibility index (Phi) is 4.74. The molecule has 0 aromatic heterocycles. The van der Waals surface area contributed by atoms with Gasteiger partial charge in [-0.25, -0.2) is 0 Å². The SMILES string of the molecule is Cc1cc(Br)ccc1C(N)Cc1ccc(C(F)(F)F)cc1. The van der Waals surface area contributed by atoms with Crippen molar-refractivity contribution < 1.29 is 13.2 Å². The van der Waals surface area contributed by atoms with E-state index in [0.717, 1.165) is 33.3 Å². The second-order valence-electron chi connectivity index (χ2n) is 5.01. The summed E-state index contributed by atoms with van der Waals surface area (Å²) < 4.78 is 38.5. The maximum Gasteiger partial charge on any atom is 0.416 e. The fourth-order valence-corrected chi connectivity index (χ4v) is 2.72. The Balaban J connectivity index is 2.14. The van der Waals surface area contributed by atoms with Crippen LogP contribution in [0.15, 0.2) is 46.9 Å². The molecule has 2 N–H and O–H groups in total. The second-order valence-corrected chi connectivity index (χ2v) is 5.92. The predicted octanol–water partition coefficient (Wildman–Crippen LogP) is 5.02. The third-order valence-electron chi connectivity index (χ3n) is 3.37. The fraction of sp³-hybridized carbons (Fsp3) is 0.250. The van der Waals surface area contributed by atoms with E-state index in [-0.39, 0.29) is 6.04 Å². The monoisotopic (exact) mass is 357 g/mol. The van der Waals surface area contributed by atoms with Crippen LogP contribution in [0.4, 0.5) is 13.2 Å². The molecule has 0 spiro atoms. The van der Waals surface area contributed by atoms with Gasteiger partial charge in [0, 0.05) is 10.5 Å². The van der Waals surface area contributed by atoms with Crippen molar-refractivity contribution in [2.45, 2.75) is 25.6 Å². The maximum absolute atomic E-state index is 12.5. The van der Waals surface area contributed by atoms with Gasteiger partial charge >= 0.3 is 6.18 Å². The number of rotatable bonds is 3. The predicted molar refractivity (Wildman–Crippen MR) is 81.0 cm³/mol. The van der Waals surface area contributed by atoms with Crippen LogP contribution in [-0.2, 0) is 12.6 Å². The molecule has 1 unspecified atom stereocenters. The largest absolute Gasteiger partial charge is 0.416 e. The zero-order chi connectivity index (χ0) is 15.6. The molecule has 0 aliphatic rings. The summed E-state index contributed by atoms with van der Waals surface area (Å²) in [5.74, 6) is 0. The Morgan fingerprint density at radius 3 is 2.24 bits per heavy atom. The molecular weight excluding hydrogens is 343 g/mol. The van der Waals surface area contributed by atoms with Crippen LogP contribution < -0.4 is 5.73 Å². The van der Waals surface area contributed by atoms with E-state index in [1.807, 2.05) is 25.1 Å². The molecule has 0 amide bonds. The lowest BCUT2D eigenvalue weighted by atomic mass is 9.96. The molecule has 2 aromatic carbocycles. The Morgan fingerprint density at radius 2 is 1.71 bits per heavy atom. The minimum absolute atomic E-state index is 0.241. The van der Waals surface area contributed by atoms with Gasteiger partial charge in [-0.1, -0.05) is 34.1 Å². The first-order valence-electron chi connectivity index (χ1n) is 6.45. The first-order valence-corrected chi connectivity index (χ1v) is 7.24. The molecule has 2 rings (SSSR count). The van der Waals surface area contributed by atoms with Crippen LogP contribution in [0.2, 0.25) is 0 Å². The van der Waals surface area contributed by atoms with Crippen LogP contribution in [0.5, 0.6) is 0 Å². The molecule has 21 heavy (non-hydrogen) atoms. The van der Waals surface area contributed by atoms with Crippen molar-refractivity contribution in [2.75, 3.05) is 0 Å². The molecule has 0 aliphatic carbocycles. The van der Waals surface area contributed by atoms with Gasteiger partial charge in [0.25, 0.3) is 0 Å². The van der Waals surface area contributed by atoms with E-state index < -0.39 is 11.7 Å². The first kappa shape index (κ1) is 16.0. The highest BCUT2D eigenvalue weighted by Crippen LogP contribution is 2.30. The van der Waals surface area contributed by atoms with Crippen molar-refractivity contribution in [3.05, 3.63) is 69.2 Å². The fourth-order valence-electron chi connectivity index (χ4n) is 2.25. The molecule has 0 bridgehead atoms. The van der Waals surface area contributed by atoms with E-state index in [2.05, 4.69) is 15.9 Å². The van der Waals surface area contributed by atoms with E-state index in [1.165, 1.54) is 12.1 Å². The highest BCUT2D eigenvalue weighted by Gasteiger charge is 2.29. The number of alkyl halides is 3. The first-order chi connectivity index (χ1) is 9.77. The van der Waals surface area contributed by atoms with Gasteiger partial charge in [0.2, 0.25) is 0 Å². The Morgan fingerprint density at radius 1 is 1.10 bits per heavy atom. The summed E-state index contributed by atoms with van der Waals surface area (Å²) in [7, 11) is 0. The summed E-state index contributed by atoms with van der Waals surface area (Å²) in [6.45, 7) is 1.96. The summed E-state index contributed by atoms with van der Waals surface area (Å²) in [6, 6.07) is 10.7. The maximum atomic E-state index is 12.5. The third-order valence-corrected chi connectivity index (χ3v) is 3.86. The van der Waals surface area contributed by atoms with Crippen LogP contribution in [0.3, 0.4) is 0 Å². The van der Waals surface area contributed by atoms with Gasteiger partial charge < -0.3 is 5.73 Å². The van der Waals surface area contributed by atoms with Crippen molar-refractivity contribution in [3.8, 4) is 0 Å². The highest BCUT2D eigenvalue weighted by atomic mass is 79.9. The molecule has 112 valence electrons. The van der Waals surface area contributed by atoms with E-state index in [9.17, 15) is 13.2 Å². The lowest BCUT2D eigenvalue weighted by Gasteiger charge is -2.16. The summed E-state index contributed by atoms with van der Waals surface area (Å²) in [5, 5.41) is 0. The third kappa shape index (κ3) is 4.08. The van der Waals surface area contributed by atoms with Gasteiger partial charge in [-0.15, -0.1) is 0 Å². The number of hydrogen-bond acceptors (Lipinski definition) is 1. The number of halogens is 4. The minimum atomic E-state index is -4.30. The van der Waals surface area contributed by atoms with E-state index in [4.69, 9.17) is 5.73 Å². The average molecular weight is 358 g/mol. The van der Waals surface area contributed by atoms with Crippen molar-refractivity contribution >= 4 is 15.9 Å².